The molecule has 1 fully saturated rings. The lowest BCUT2D eigenvalue weighted by molar-refractivity contribution is -0.0605. The highest BCUT2D eigenvalue weighted by molar-refractivity contribution is 5.95. The van der Waals surface area contributed by atoms with Gasteiger partial charge in [0.05, 0.1) is 22.5 Å². The highest BCUT2D eigenvalue weighted by Gasteiger charge is 2.30. The summed E-state index contributed by atoms with van der Waals surface area (Å²) in [6.07, 6.45) is 2.79. The van der Waals surface area contributed by atoms with Gasteiger partial charge in [0.2, 0.25) is 0 Å². The van der Waals surface area contributed by atoms with Crippen LogP contribution in [0.2, 0.25) is 0 Å². The molecule has 0 aliphatic carbocycles. The number of nitrogens with one attached hydrogen (secondary N) is 1. The molecular formula is C17H21N3O3. The fourth-order valence-electron chi connectivity index (χ4n) is 2.66. The van der Waals surface area contributed by atoms with E-state index in [2.05, 4.69) is 10.4 Å². The van der Waals surface area contributed by atoms with E-state index in [1.807, 2.05) is 30.3 Å². The van der Waals surface area contributed by atoms with Gasteiger partial charge in [-0.3, -0.25) is 4.79 Å². The Hall–Kier alpha value is -2.18. The molecule has 2 heterocycles. The normalized spacial score (nSPS) is 17.0. The van der Waals surface area contributed by atoms with Crippen molar-refractivity contribution >= 4 is 5.91 Å². The number of rotatable bonds is 4. The number of carbonyl (C=O) groups excluding carboxylic acids is 1. The van der Waals surface area contributed by atoms with Crippen LogP contribution in [-0.2, 0) is 4.74 Å². The van der Waals surface area contributed by atoms with Gasteiger partial charge in [0.25, 0.3) is 5.91 Å². The Morgan fingerprint density at radius 3 is 2.74 bits per heavy atom. The van der Waals surface area contributed by atoms with Crippen LogP contribution in [0.1, 0.15) is 28.9 Å². The Morgan fingerprint density at radius 2 is 2.04 bits per heavy atom. The average molecular weight is 315 g/mol. The number of ether oxygens (including phenoxy) is 1. The number of amides is 1. The number of carbonyl (C=O) groups is 1. The number of aliphatic hydroxyl groups is 1. The Morgan fingerprint density at radius 1 is 1.35 bits per heavy atom. The maximum atomic E-state index is 12.4. The van der Waals surface area contributed by atoms with Gasteiger partial charge in [-0.25, -0.2) is 4.68 Å². The Labute approximate surface area is 135 Å². The molecule has 6 nitrogen and oxygen atoms in total. The van der Waals surface area contributed by atoms with Crippen molar-refractivity contribution in [3.05, 3.63) is 47.8 Å². The summed E-state index contributed by atoms with van der Waals surface area (Å²) >= 11 is 0. The second kappa shape index (κ2) is 6.52. The molecule has 0 bridgehead atoms. The molecule has 1 aliphatic heterocycles. The molecule has 122 valence electrons. The lowest BCUT2D eigenvalue weighted by Gasteiger charge is -2.32. The van der Waals surface area contributed by atoms with Gasteiger partial charge in [0.15, 0.2) is 0 Å². The van der Waals surface area contributed by atoms with Crippen molar-refractivity contribution in [2.24, 2.45) is 0 Å². The summed E-state index contributed by atoms with van der Waals surface area (Å²) in [5, 5.41) is 17.6. The SMILES string of the molecule is Cc1nn(-c2ccccc2)cc1C(=O)NCC1(O)CCOCC1. The molecule has 3 rings (SSSR count). The van der Waals surface area contributed by atoms with Crippen LogP contribution in [0.4, 0.5) is 0 Å². The van der Waals surface area contributed by atoms with Crippen LogP contribution in [0.15, 0.2) is 36.5 Å². The lowest BCUT2D eigenvalue weighted by atomic mass is 9.94. The van der Waals surface area contributed by atoms with E-state index in [9.17, 15) is 9.90 Å². The zero-order valence-corrected chi connectivity index (χ0v) is 13.2. The van der Waals surface area contributed by atoms with E-state index in [0.29, 0.717) is 37.3 Å². The number of para-hydroxylation sites is 1. The third-order valence-corrected chi connectivity index (χ3v) is 4.17. The first kappa shape index (κ1) is 15.7. The molecule has 0 unspecified atom stereocenters. The number of nitrogens with zero attached hydrogens (tertiary/aromatic N) is 2. The molecule has 0 spiro atoms. The van der Waals surface area contributed by atoms with Crippen LogP contribution < -0.4 is 5.32 Å². The summed E-state index contributed by atoms with van der Waals surface area (Å²) in [7, 11) is 0. The van der Waals surface area contributed by atoms with Gasteiger partial charge >= 0.3 is 0 Å². The molecule has 2 N–H and O–H groups in total. The second-order valence-electron chi connectivity index (χ2n) is 5.93. The van der Waals surface area contributed by atoms with Crippen molar-refractivity contribution in [1.29, 1.82) is 0 Å². The van der Waals surface area contributed by atoms with E-state index in [4.69, 9.17) is 4.74 Å². The summed E-state index contributed by atoms with van der Waals surface area (Å²) in [5.41, 5.74) is 1.20. The highest BCUT2D eigenvalue weighted by atomic mass is 16.5. The van der Waals surface area contributed by atoms with Crippen molar-refractivity contribution in [1.82, 2.24) is 15.1 Å². The molecular weight excluding hydrogens is 294 g/mol. The van der Waals surface area contributed by atoms with Gasteiger partial charge in [-0.05, 0) is 19.1 Å². The third-order valence-electron chi connectivity index (χ3n) is 4.17. The average Bonchev–Trinajstić information content (AvgIpc) is 2.96. The summed E-state index contributed by atoms with van der Waals surface area (Å²) in [6, 6.07) is 9.64. The van der Waals surface area contributed by atoms with Crippen LogP contribution in [-0.4, -0.2) is 46.2 Å². The molecule has 6 heteroatoms. The molecule has 0 atom stereocenters. The molecule has 0 radical (unpaired) electrons. The molecule has 1 aromatic heterocycles. The summed E-state index contributed by atoms with van der Waals surface area (Å²) < 4.78 is 6.93. The van der Waals surface area contributed by atoms with Crippen LogP contribution in [0.5, 0.6) is 0 Å². The Bertz CT molecular complexity index is 676. The minimum atomic E-state index is -0.878. The van der Waals surface area contributed by atoms with Crippen LogP contribution >= 0.6 is 0 Å². The third kappa shape index (κ3) is 3.60. The van der Waals surface area contributed by atoms with E-state index in [1.54, 1.807) is 17.8 Å². The number of aryl methyl sites for hydroxylation is 1. The minimum Gasteiger partial charge on any atom is -0.388 e. The number of benzene rings is 1. The van der Waals surface area contributed by atoms with Gasteiger partial charge in [0.1, 0.15) is 0 Å². The lowest BCUT2D eigenvalue weighted by Crippen LogP contribution is -2.46. The molecule has 0 saturated carbocycles. The molecule has 2 aromatic rings. The minimum absolute atomic E-state index is 0.218. The van der Waals surface area contributed by atoms with Gasteiger partial charge in [0, 0.05) is 38.8 Å². The quantitative estimate of drug-likeness (QED) is 0.895. The van der Waals surface area contributed by atoms with Crippen LogP contribution in [0, 0.1) is 6.92 Å². The largest absolute Gasteiger partial charge is 0.388 e. The van der Waals surface area contributed by atoms with Gasteiger partial charge in [-0.1, -0.05) is 18.2 Å². The molecule has 1 aliphatic rings. The molecule has 1 saturated heterocycles. The van der Waals surface area contributed by atoms with Gasteiger partial charge in [-0.2, -0.15) is 5.10 Å². The van der Waals surface area contributed by atoms with E-state index in [0.717, 1.165) is 5.69 Å². The highest BCUT2D eigenvalue weighted by Crippen LogP contribution is 2.19. The van der Waals surface area contributed by atoms with E-state index >= 15 is 0 Å². The maximum absolute atomic E-state index is 12.4. The summed E-state index contributed by atoms with van der Waals surface area (Å²) in [4.78, 5) is 12.4. The van der Waals surface area contributed by atoms with Gasteiger partial charge in [-0.15, -0.1) is 0 Å². The fourth-order valence-corrected chi connectivity index (χ4v) is 2.66. The van der Waals surface area contributed by atoms with Crippen molar-refractivity contribution in [3.8, 4) is 5.69 Å². The predicted octanol–water partition coefficient (Wildman–Crippen LogP) is 1.45. The standard InChI is InChI=1S/C17H21N3O3/c1-13-15(11-20(19-13)14-5-3-2-4-6-14)16(21)18-12-17(22)7-9-23-10-8-17/h2-6,11,22H,7-10,12H2,1H3,(H,18,21). The van der Waals surface area contributed by atoms with E-state index in [-0.39, 0.29) is 12.5 Å². The zero-order chi connectivity index (χ0) is 16.3. The smallest absolute Gasteiger partial charge is 0.254 e. The Balaban J connectivity index is 1.69. The maximum Gasteiger partial charge on any atom is 0.254 e. The van der Waals surface area contributed by atoms with E-state index < -0.39 is 5.60 Å². The van der Waals surface area contributed by atoms with Gasteiger partial charge < -0.3 is 15.2 Å². The van der Waals surface area contributed by atoms with Crippen molar-refractivity contribution in [3.63, 3.8) is 0 Å². The first-order valence-corrected chi connectivity index (χ1v) is 7.77. The summed E-state index contributed by atoms with van der Waals surface area (Å²) in [5.74, 6) is -0.218. The monoisotopic (exact) mass is 315 g/mol. The summed E-state index contributed by atoms with van der Waals surface area (Å²) in [6.45, 7) is 3.08. The fraction of sp³-hybridized carbons (Fsp3) is 0.412. The number of aromatic nitrogens is 2. The zero-order valence-electron chi connectivity index (χ0n) is 13.2. The van der Waals surface area contributed by atoms with Crippen LogP contribution in [0.25, 0.3) is 5.69 Å². The van der Waals surface area contributed by atoms with Crippen LogP contribution in [0.3, 0.4) is 0 Å². The number of hydrogen-bond donors (Lipinski definition) is 2. The number of hydrogen-bond acceptors (Lipinski definition) is 4. The topological polar surface area (TPSA) is 76.4 Å². The second-order valence-corrected chi connectivity index (χ2v) is 5.93. The van der Waals surface area contributed by atoms with E-state index in [1.165, 1.54) is 0 Å². The van der Waals surface area contributed by atoms with Crippen molar-refractivity contribution in [2.45, 2.75) is 25.4 Å². The van der Waals surface area contributed by atoms with Crippen molar-refractivity contribution in [2.75, 3.05) is 19.8 Å². The van der Waals surface area contributed by atoms with Crippen molar-refractivity contribution < 1.29 is 14.6 Å². The molecule has 1 amide bonds. The first-order valence-electron chi connectivity index (χ1n) is 7.77. The molecule has 23 heavy (non-hydrogen) atoms. The molecule has 1 aromatic carbocycles. The predicted molar refractivity (Wildman–Crippen MR) is 85.6 cm³/mol. The Kier molecular flexibility index (Phi) is 4.45. The first-order chi connectivity index (χ1) is 11.1.